The summed E-state index contributed by atoms with van der Waals surface area (Å²) >= 11 is 6.74. The number of hydrogen-bond acceptors (Lipinski definition) is 12. The number of phenols is 2. The Balaban J connectivity index is 0.889. The quantitative estimate of drug-likeness (QED) is 0.131. The van der Waals surface area contributed by atoms with Crippen molar-refractivity contribution in [2.45, 2.75) is 32.7 Å². The van der Waals surface area contributed by atoms with Crippen molar-refractivity contribution in [2.75, 3.05) is 62.2 Å². The van der Waals surface area contributed by atoms with Crippen molar-refractivity contribution in [3.63, 3.8) is 0 Å². The molecule has 0 aliphatic carbocycles. The number of halogens is 1. The molecule has 3 N–H and O–H groups in total. The Bertz CT molecular complexity index is 2700. The predicted octanol–water partition coefficient (Wildman–Crippen LogP) is 6.32. The highest BCUT2D eigenvalue weighted by atomic mass is 35.5. The molecule has 0 saturated carbocycles. The van der Waals surface area contributed by atoms with Gasteiger partial charge in [0.05, 0.1) is 35.1 Å². The molecule has 3 aliphatic rings. The number of anilines is 2. The van der Waals surface area contributed by atoms with Gasteiger partial charge in [-0.3, -0.25) is 9.59 Å². The van der Waals surface area contributed by atoms with Gasteiger partial charge in [0.2, 0.25) is 5.91 Å². The number of rotatable bonds is 10. The predicted molar refractivity (Wildman–Crippen MR) is 236 cm³/mol. The maximum absolute atomic E-state index is 13.6. The highest BCUT2D eigenvalue weighted by molar-refractivity contribution is 6.36. The number of likely N-dealkylation sites (tertiary alicyclic amines) is 1. The fourth-order valence-corrected chi connectivity index (χ4v) is 8.90. The van der Waals surface area contributed by atoms with Gasteiger partial charge in [-0.2, -0.15) is 9.97 Å². The van der Waals surface area contributed by atoms with E-state index >= 15 is 0 Å². The third-order valence-corrected chi connectivity index (χ3v) is 12.3. The Hall–Kier alpha value is -6.87. The van der Waals surface area contributed by atoms with Gasteiger partial charge in [-0.1, -0.05) is 61.4 Å². The van der Waals surface area contributed by atoms with Gasteiger partial charge in [0.1, 0.15) is 17.3 Å². The van der Waals surface area contributed by atoms with Gasteiger partial charge in [-0.15, -0.1) is 5.10 Å². The molecular formula is C46H46ClN9O6. The van der Waals surface area contributed by atoms with Crippen molar-refractivity contribution < 1.29 is 29.6 Å². The zero-order valence-corrected chi connectivity index (χ0v) is 35.2. The number of ether oxygens (including phenoxy) is 1. The SMILES string of the molecule is C=CC(=O)N1CCN(c2nc(OCC3CN(C(=O)c4ccc(-n5c(O)nnc5-c5cc(C(C)C)c(O)cc5O)cc4)C3)nc3c2CCN(c2cccc4cccc(Cl)c24)C3)CC1. The lowest BCUT2D eigenvalue weighted by atomic mass is 9.98. The van der Waals surface area contributed by atoms with E-state index in [0.717, 1.165) is 46.5 Å². The molecule has 0 unspecified atom stereocenters. The van der Waals surface area contributed by atoms with E-state index in [9.17, 15) is 24.9 Å². The fraction of sp³-hybridized carbons (Fsp3) is 0.304. The lowest BCUT2D eigenvalue weighted by molar-refractivity contribution is -0.126. The van der Waals surface area contributed by atoms with Crippen LogP contribution >= 0.6 is 11.6 Å². The third-order valence-electron chi connectivity index (χ3n) is 12.0. The van der Waals surface area contributed by atoms with Gasteiger partial charge in [0.15, 0.2) is 5.82 Å². The van der Waals surface area contributed by atoms with Crippen LogP contribution in [-0.4, -0.2) is 114 Å². The van der Waals surface area contributed by atoms with E-state index < -0.39 is 6.01 Å². The van der Waals surface area contributed by atoms with Crippen molar-refractivity contribution in [3.8, 4) is 40.6 Å². The standard InChI is InChI=1S/C46H46ClN9O6/c1-4-40(59)52-17-19-53(20-18-52)42-32-15-16-54(37-10-6-8-29-7-5-9-35(47)41(29)37)25-36(32)48-45(49-42)62-26-28-23-55(24-28)44(60)30-11-13-31(14-12-30)56-43(50-51-46(56)61)34-21-33(27(2)3)38(57)22-39(34)58/h4-14,21-22,27-28,57-58H,1,15-20,23-26H2,2-3H3,(H,51,61). The van der Waals surface area contributed by atoms with Gasteiger partial charge in [0, 0.05) is 80.0 Å². The summed E-state index contributed by atoms with van der Waals surface area (Å²) in [7, 11) is 0. The first-order chi connectivity index (χ1) is 30.0. The van der Waals surface area contributed by atoms with Crippen LogP contribution in [0.4, 0.5) is 11.5 Å². The van der Waals surface area contributed by atoms with Crippen LogP contribution in [-0.2, 0) is 17.8 Å². The molecule has 0 bridgehead atoms. The normalized spacial score (nSPS) is 15.5. The van der Waals surface area contributed by atoms with Gasteiger partial charge >= 0.3 is 12.0 Å². The molecule has 16 heteroatoms. The second-order valence-corrected chi connectivity index (χ2v) is 16.6. The van der Waals surface area contributed by atoms with E-state index in [2.05, 4.69) is 44.8 Å². The summed E-state index contributed by atoms with van der Waals surface area (Å²) in [6, 6.07) is 21.6. The van der Waals surface area contributed by atoms with Crippen molar-refractivity contribution in [3.05, 3.63) is 113 Å². The molecule has 6 aromatic rings. The van der Waals surface area contributed by atoms with Crippen molar-refractivity contribution in [1.29, 1.82) is 0 Å². The lowest BCUT2D eigenvalue weighted by Crippen LogP contribution is -2.52. The largest absolute Gasteiger partial charge is 0.508 e. The Morgan fingerprint density at radius 3 is 2.35 bits per heavy atom. The van der Waals surface area contributed by atoms with E-state index in [1.807, 2.05) is 32.0 Å². The first kappa shape index (κ1) is 40.5. The summed E-state index contributed by atoms with van der Waals surface area (Å²) in [6.07, 6.45) is 2.08. The number of benzene rings is 4. The number of amides is 2. The number of hydrogen-bond donors (Lipinski definition) is 3. The van der Waals surface area contributed by atoms with Crippen LogP contribution in [0.1, 0.15) is 46.9 Å². The fourth-order valence-electron chi connectivity index (χ4n) is 8.62. The summed E-state index contributed by atoms with van der Waals surface area (Å²) in [4.78, 5) is 43.9. The average Bonchev–Trinajstić information content (AvgIpc) is 3.65. The molecule has 0 spiro atoms. The molecule has 9 rings (SSSR count). The number of aromatic nitrogens is 5. The minimum Gasteiger partial charge on any atom is -0.508 e. The van der Waals surface area contributed by atoms with Crippen LogP contribution in [0.2, 0.25) is 5.02 Å². The van der Waals surface area contributed by atoms with Gasteiger partial charge < -0.3 is 39.7 Å². The molecule has 0 atom stereocenters. The molecule has 2 aromatic heterocycles. The van der Waals surface area contributed by atoms with Crippen LogP contribution in [0.5, 0.6) is 23.5 Å². The third kappa shape index (κ3) is 7.57. The topological polar surface area (TPSA) is 174 Å². The average molecular weight is 856 g/mol. The zero-order valence-electron chi connectivity index (χ0n) is 34.4. The van der Waals surface area contributed by atoms with Gasteiger partial charge in [-0.05, 0) is 71.8 Å². The maximum Gasteiger partial charge on any atom is 0.319 e. The molecule has 0 radical (unpaired) electrons. The monoisotopic (exact) mass is 855 g/mol. The number of fused-ring (bicyclic) bond motifs is 2. The summed E-state index contributed by atoms with van der Waals surface area (Å²) in [5, 5.41) is 42.4. The Kier molecular flexibility index (Phi) is 10.8. The first-order valence-corrected chi connectivity index (χ1v) is 21.1. The molecule has 2 saturated heterocycles. The molecule has 4 aromatic carbocycles. The molecule has 2 amide bonds. The van der Waals surface area contributed by atoms with E-state index in [1.165, 1.54) is 16.7 Å². The molecule has 62 heavy (non-hydrogen) atoms. The number of aromatic hydroxyl groups is 3. The minimum atomic E-state index is -0.395. The molecular weight excluding hydrogens is 810 g/mol. The van der Waals surface area contributed by atoms with Crippen LogP contribution in [0.25, 0.3) is 27.8 Å². The van der Waals surface area contributed by atoms with Crippen LogP contribution in [0.15, 0.2) is 85.5 Å². The van der Waals surface area contributed by atoms with E-state index in [4.69, 9.17) is 26.3 Å². The summed E-state index contributed by atoms with van der Waals surface area (Å²) in [5.41, 5.74) is 4.84. The number of piperazine rings is 1. The zero-order chi connectivity index (χ0) is 43.2. The molecule has 5 heterocycles. The van der Waals surface area contributed by atoms with Gasteiger partial charge in [-0.25, -0.2) is 4.57 Å². The van der Waals surface area contributed by atoms with Gasteiger partial charge in [0.25, 0.3) is 5.91 Å². The number of carbonyl (C=O) groups is 2. The minimum absolute atomic E-state index is 0.0366. The Morgan fingerprint density at radius 1 is 0.887 bits per heavy atom. The summed E-state index contributed by atoms with van der Waals surface area (Å²) in [5.74, 6) is 0.550. The van der Waals surface area contributed by atoms with Crippen LogP contribution in [0.3, 0.4) is 0 Å². The summed E-state index contributed by atoms with van der Waals surface area (Å²) < 4.78 is 7.70. The second-order valence-electron chi connectivity index (χ2n) is 16.2. The molecule has 15 nitrogen and oxygen atoms in total. The van der Waals surface area contributed by atoms with Crippen molar-refractivity contribution in [2.24, 2.45) is 5.92 Å². The smallest absolute Gasteiger partial charge is 0.319 e. The Morgan fingerprint density at radius 2 is 1.63 bits per heavy atom. The van der Waals surface area contributed by atoms with Crippen LogP contribution < -0.4 is 14.5 Å². The molecule has 3 aliphatic heterocycles. The summed E-state index contributed by atoms with van der Waals surface area (Å²) in [6.45, 7) is 12.4. The number of nitrogens with zero attached hydrogens (tertiary/aromatic N) is 9. The molecule has 2 fully saturated rings. The van der Waals surface area contributed by atoms with E-state index in [0.29, 0.717) is 79.8 Å². The lowest BCUT2D eigenvalue weighted by Gasteiger charge is -2.39. The number of carbonyl (C=O) groups excluding carboxylic acids is 2. The molecule has 318 valence electrons. The highest BCUT2D eigenvalue weighted by Crippen LogP contribution is 2.40. The highest BCUT2D eigenvalue weighted by Gasteiger charge is 2.34. The van der Waals surface area contributed by atoms with Crippen molar-refractivity contribution >= 4 is 45.7 Å². The van der Waals surface area contributed by atoms with E-state index in [1.54, 1.807) is 40.1 Å². The number of phenolic OH excluding ortho intramolecular Hbond substituents is 2. The van der Waals surface area contributed by atoms with Crippen LogP contribution in [0, 0.1) is 5.92 Å². The maximum atomic E-state index is 13.6. The van der Waals surface area contributed by atoms with Crippen molar-refractivity contribution in [1.82, 2.24) is 34.5 Å². The Labute approximate surface area is 363 Å². The van der Waals surface area contributed by atoms with E-state index in [-0.39, 0.29) is 47.0 Å². The first-order valence-electron chi connectivity index (χ1n) is 20.7. The second kappa shape index (κ2) is 16.5.